The maximum Gasteiger partial charge on any atom is 0.265 e. The lowest BCUT2D eigenvalue weighted by atomic mass is 9.98. The zero-order chi connectivity index (χ0) is 23.0. The third kappa shape index (κ3) is 5.64. The second kappa shape index (κ2) is 11.2. The van der Waals surface area contributed by atoms with E-state index < -0.39 is 20.5 Å². The smallest absolute Gasteiger partial charge is 0.265 e. The number of benzene rings is 2. The summed E-state index contributed by atoms with van der Waals surface area (Å²) in [7, 11) is -4.02. The van der Waals surface area contributed by atoms with Crippen LogP contribution >= 0.6 is 11.8 Å². The lowest BCUT2D eigenvalue weighted by Gasteiger charge is -2.34. The monoisotopic (exact) mass is 479 g/mol. The van der Waals surface area contributed by atoms with Gasteiger partial charge in [-0.25, -0.2) is 13.9 Å². The summed E-state index contributed by atoms with van der Waals surface area (Å²) in [5, 5.41) is 9.12. The summed E-state index contributed by atoms with van der Waals surface area (Å²) in [5.74, 6) is 1.56. The molecular formula is C23H29NO6S2. The fourth-order valence-electron chi connectivity index (χ4n) is 3.70. The summed E-state index contributed by atoms with van der Waals surface area (Å²) in [6.45, 7) is 2.88. The summed E-state index contributed by atoms with van der Waals surface area (Å²) in [4.78, 5) is 12.3. The average Bonchev–Trinajstić information content (AvgIpc) is 2.81. The number of rotatable bonds is 10. The SMILES string of the molecule is Cc1cccc(CSCCCOc2ccc(S(=O)(=O)C3(C(=O)NO)CCOCC3)cc2)c1. The molecule has 1 fully saturated rings. The van der Waals surface area contributed by atoms with Crippen LogP contribution in [0.1, 0.15) is 30.4 Å². The van der Waals surface area contributed by atoms with Gasteiger partial charge in [0.05, 0.1) is 11.5 Å². The van der Waals surface area contributed by atoms with Gasteiger partial charge in [-0.1, -0.05) is 29.8 Å². The van der Waals surface area contributed by atoms with Crippen molar-refractivity contribution in [3.05, 3.63) is 59.7 Å². The second-order valence-electron chi connectivity index (χ2n) is 7.77. The number of sulfone groups is 1. The van der Waals surface area contributed by atoms with E-state index in [2.05, 4.69) is 31.2 Å². The van der Waals surface area contributed by atoms with Crippen LogP contribution in [0.15, 0.2) is 53.4 Å². The van der Waals surface area contributed by atoms with E-state index in [-0.39, 0.29) is 31.0 Å². The highest BCUT2D eigenvalue weighted by atomic mass is 32.2. The molecule has 1 saturated heterocycles. The Morgan fingerprint density at radius 1 is 1.19 bits per heavy atom. The van der Waals surface area contributed by atoms with Gasteiger partial charge in [0.15, 0.2) is 14.6 Å². The molecule has 1 amide bonds. The zero-order valence-electron chi connectivity index (χ0n) is 18.1. The van der Waals surface area contributed by atoms with Crippen LogP contribution in [0.25, 0.3) is 0 Å². The Morgan fingerprint density at radius 3 is 2.56 bits per heavy atom. The summed E-state index contributed by atoms with van der Waals surface area (Å²) < 4.78 is 35.7. The number of hydrogen-bond acceptors (Lipinski definition) is 7. The van der Waals surface area contributed by atoms with Crippen LogP contribution in [-0.2, 0) is 25.1 Å². The normalized spacial score (nSPS) is 15.8. The lowest BCUT2D eigenvalue weighted by Crippen LogP contribution is -2.54. The van der Waals surface area contributed by atoms with Gasteiger partial charge in [-0.15, -0.1) is 0 Å². The Morgan fingerprint density at radius 2 is 1.91 bits per heavy atom. The molecule has 0 aromatic heterocycles. The number of amides is 1. The molecule has 1 heterocycles. The topological polar surface area (TPSA) is 102 Å². The molecule has 7 nitrogen and oxygen atoms in total. The molecule has 0 unspecified atom stereocenters. The quantitative estimate of drug-likeness (QED) is 0.305. The molecule has 0 aliphatic carbocycles. The van der Waals surface area contributed by atoms with Crippen LogP contribution in [0.3, 0.4) is 0 Å². The number of carbonyl (C=O) groups is 1. The third-order valence-corrected chi connectivity index (χ3v) is 9.15. The molecule has 0 atom stereocenters. The van der Waals surface area contributed by atoms with E-state index in [0.717, 1.165) is 17.9 Å². The first kappa shape index (κ1) is 24.6. The van der Waals surface area contributed by atoms with Crippen molar-refractivity contribution in [2.45, 2.75) is 41.6 Å². The number of aryl methyl sites for hydroxylation is 1. The molecule has 9 heteroatoms. The molecule has 1 aliphatic rings. The van der Waals surface area contributed by atoms with Crippen molar-refractivity contribution < 1.29 is 27.9 Å². The van der Waals surface area contributed by atoms with Crippen LogP contribution in [-0.4, -0.2) is 49.9 Å². The zero-order valence-corrected chi connectivity index (χ0v) is 19.7. The molecule has 0 radical (unpaired) electrons. The number of hydroxylamine groups is 1. The fourth-order valence-corrected chi connectivity index (χ4v) is 6.53. The number of nitrogens with one attached hydrogen (secondary N) is 1. The van der Waals surface area contributed by atoms with E-state index in [1.165, 1.54) is 28.7 Å². The minimum Gasteiger partial charge on any atom is -0.494 e. The van der Waals surface area contributed by atoms with E-state index in [4.69, 9.17) is 14.7 Å². The van der Waals surface area contributed by atoms with Gasteiger partial charge in [0.1, 0.15) is 5.75 Å². The standard InChI is InChI=1S/C23H29NO6S2/c1-18-4-2-5-19(16-18)17-31-15-3-12-30-20-6-8-21(9-7-20)32(27,28)23(22(25)24-26)10-13-29-14-11-23/h2,4-9,16,26H,3,10-15,17H2,1H3,(H,24,25). The Kier molecular flexibility index (Phi) is 8.58. The van der Waals surface area contributed by atoms with Crippen molar-refractivity contribution in [2.24, 2.45) is 0 Å². The molecule has 32 heavy (non-hydrogen) atoms. The molecule has 0 spiro atoms. The largest absolute Gasteiger partial charge is 0.494 e. The van der Waals surface area contributed by atoms with E-state index in [9.17, 15) is 13.2 Å². The summed E-state index contributed by atoms with van der Waals surface area (Å²) in [5.41, 5.74) is 4.09. The summed E-state index contributed by atoms with van der Waals surface area (Å²) in [6, 6.07) is 14.5. The predicted octanol–water partition coefficient (Wildman–Crippen LogP) is 3.53. The van der Waals surface area contributed by atoms with Gasteiger partial charge in [0.2, 0.25) is 0 Å². The van der Waals surface area contributed by atoms with Crippen LogP contribution in [0.2, 0.25) is 0 Å². The average molecular weight is 480 g/mol. The molecule has 0 bridgehead atoms. The minimum absolute atomic E-state index is 0.0137. The molecule has 2 N–H and O–H groups in total. The van der Waals surface area contributed by atoms with Crippen molar-refractivity contribution in [1.82, 2.24) is 5.48 Å². The van der Waals surface area contributed by atoms with Gasteiger partial charge in [0.25, 0.3) is 5.91 Å². The van der Waals surface area contributed by atoms with Crippen molar-refractivity contribution in [3.8, 4) is 5.75 Å². The van der Waals surface area contributed by atoms with Crippen molar-refractivity contribution >= 4 is 27.5 Å². The van der Waals surface area contributed by atoms with Gasteiger partial charge >= 0.3 is 0 Å². The summed E-state index contributed by atoms with van der Waals surface area (Å²) >= 11 is 1.85. The number of ether oxygens (including phenoxy) is 2. The van der Waals surface area contributed by atoms with Crippen molar-refractivity contribution in [2.75, 3.05) is 25.6 Å². The van der Waals surface area contributed by atoms with Gasteiger partial charge < -0.3 is 9.47 Å². The Hall–Kier alpha value is -2.07. The van der Waals surface area contributed by atoms with Gasteiger partial charge in [0, 0.05) is 19.0 Å². The van der Waals surface area contributed by atoms with Crippen molar-refractivity contribution in [1.29, 1.82) is 0 Å². The first-order valence-electron chi connectivity index (χ1n) is 10.5. The lowest BCUT2D eigenvalue weighted by molar-refractivity contribution is -0.134. The summed E-state index contributed by atoms with van der Waals surface area (Å²) in [6.07, 6.45) is 0.844. The molecule has 1 aliphatic heterocycles. The van der Waals surface area contributed by atoms with E-state index >= 15 is 0 Å². The van der Waals surface area contributed by atoms with Gasteiger partial charge in [-0.2, -0.15) is 11.8 Å². The molecule has 2 aromatic rings. The van der Waals surface area contributed by atoms with Gasteiger partial charge in [-0.3, -0.25) is 10.0 Å². The Balaban J connectivity index is 1.52. The maximum absolute atomic E-state index is 13.2. The maximum atomic E-state index is 13.2. The first-order chi connectivity index (χ1) is 15.4. The molecule has 2 aromatic carbocycles. The fraction of sp³-hybridized carbons (Fsp3) is 0.435. The van der Waals surface area contributed by atoms with Gasteiger partial charge in [-0.05, 0) is 61.8 Å². The molecule has 3 rings (SSSR count). The van der Waals surface area contributed by atoms with Crippen LogP contribution in [0.5, 0.6) is 5.75 Å². The number of thioether (sulfide) groups is 1. The first-order valence-corrected chi connectivity index (χ1v) is 13.2. The highest BCUT2D eigenvalue weighted by Crippen LogP contribution is 2.35. The Bertz CT molecular complexity index is 1000. The van der Waals surface area contributed by atoms with E-state index in [1.807, 2.05) is 11.8 Å². The third-order valence-electron chi connectivity index (χ3n) is 5.52. The molecule has 0 saturated carbocycles. The van der Waals surface area contributed by atoms with E-state index in [1.54, 1.807) is 12.1 Å². The second-order valence-corrected chi connectivity index (χ2v) is 11.1. The van der Waals surface area contributed by atoms with Crippen molar-refractivity contribution in [3.63, 3.8) is 0 Å². The van der Waals surface area contributed by atoms with Crippen LogP contribution in [0, 0.1) is 6.92 Å². The number of hydrogen-bond donors (Lipinski definition) is 2. The number of carbonyl (C=O) groups excluding carboxylic acids is 1. The highest BCUT2D eigenvalue weighted by molar-refractivity contribution is 7.98. The molecular weight excluding hydrogens is 450 g/mol. The predicted molar refractivity (Wildman–Crippen MR) is 124 cm³/mol. The van der Waals surface area contributed by atoms with E-state index in [0.29, 0.717) is 12.4 Å². The highest BCUT2D eigenvalue weighted by Gasteiger charge is 2.52. The van der Waals surface area contributed by atoms with Crippen LogP contribution in [0.4, 0.5) is 0 Å². The molecule has 174 valence electrons. The Labute approximate surface area is 193 Å². The van der Waals surface area contributed by atoms with Crippen LogP contribution < -0.4 is 10.2 Å². The minimum atomic E-state index is -4.02.